The lowest BCUT2D eigenvalue weighted by molar-refractivity contribution is 0.0648. The molecule has 1 aromatic carbocycles. The zero-order chi connectivity index (χ0) is 14.9. The number of imide groups is 1. The lowest BCUT2D eigenvalue weighted by Crippen LogP contribution is -2.31. The number of aliphatic hydroxyl groups is 1. The summed E-state index contributed by atoms with van der Waals surface area (Å²) in [4.78, 5) is 25.0. The third-order valence-electron chi connectivity index (χ3n) is 3.40. The molecule has 4 nitrogen and oxygen atoms in total. The van der Waals surface area contributed by atoms with Gasteiger partial charge in [0.2, 0.25) is 0 Å². The number of amides is 2. The van der Waals surface area contributed by atoms with Gasteiger partial charge in [-0.1, -0.05) is 6.92 Å². The number of benzene rings is 1. The van der Waals surface area contributed by atoms with Crippen LogP contribution in [0.4, 0.5) is 8.78 Å². The number of carbonyl (C=O) groups excluding carboxylic acids is 2. The second-order valence-corrected chi connectivity index (χ2v) is 5.00. The van der Waals surface area contributed by atoms with Crippen molar-refractivity contribution < 1.29 is 23.5 Å². The van der Waals surface area contributed by atoms with Crippen molar-refractivity contribution in [3.63, 3.8) is 0 Å². The lowest BCUT2D eigenvalue weighted by Gasteiger charge is -2.14. The van der Waals surface area contributed by atoms with Gasteiger partial charge in [0, 0.05) is 13.2 Å². The van der Waals surface area contributed by atoms with Crippen LogP contribution >= 0.6 is 0 Å². The molecule has 0 bridgehead atoms. The van der Waals surface area contributed by atoms with Gasteiger partial charge in [0.25, 0.3) is 11.8 Å². The van der Waals surface area contributed by atoms with Crippen LogP contribution in [-0.4, -0.2) is 35.0 Å². The van der Waals surface area contributed by atoms with E-state index in [2.05, 4.69) is 0 Å². The van der Waals surface area contributed by atoms with Crippen molar-refractivity contribution in [2.24, 2.45) is 5.92 Å². The average Bonchev–Trinajstić information content (AvgIpc) is 2.64. The van der Waals surface area contributed by atoms with Gasteiger partial charge in [-0.25, -0.2) is 8.78 Å². The highest BCUT2D eigenvalue weighted by Crippen LogP contribution is 2.25. The predicted octanol–water partition coefficient (Wildman–Crippen LogP) is 1.97. The summed E-state index contributed by atoms with van der Waals surface area (Å²) in [7, 11) is 0. The molecule has 0 aromatic heterocycles. The van der Waals surface area contributed by atoms with Gasteiger partial charge in [-0.2, -0.15) is 0 Å². The van der Waals surface area contributed by atoms with Crippen molar-refractivity contribution in [2.45, 2.75) is 19.8 Å². The minimum Gasteiger partial charge on any atom is -0.396 e. The highest BCUT2D eigenvalue weighted by Gasteiger charge is 2.36. The number of fused-ring (bicyclic) bond motifs is 1. The molecular formula is C14H15F2NO3. The molecule has 0 fully saturated rings. The van der Waals surface area contributed by atoms with E-state index in [1.807, 2.05) is 6.92 Å². The van der Waals surface area contributed by atoms with Crippen LogP contribution in [0, 0.1) is 17.6 Å². The Kier molecular flexibility index (Phi) is 4.13. The van der Waals surface area contributed by atoms with Crippen molar-refractivity contribution in [2.75, 3.05) is 13.2 Å². The standard InChI is InChI=1S/C14H15F2NO3/c1-8(7-18)3-2-4-17-13(19)9-5-11(15)12(16)6-10(9)14(17)20/h5-6,8,18H,2-4,7H2,1H3. The van der Waals surface area contributed by atoms with E-state index in [1.54, 1.807) is 0 Å². The van der Waals surface area contributed by atoms with Crippen LogP contribution in [0.25, 0.3) is 0 Å². The van der Waals surface area contributed by atoms with Gasteiger partial charge in [-0.05, 0) is 30.9 Å². The summed E-state index contributed by atoms with van der Waals surface area (Å²) < 4.78 is 26.2. The topological polar surface area (TPSA) is 57.6 Å². The molecule has 1 aliphatic heterocycles. The Balaban J connectivity index is 2.12. The van der Waals surface area contributed by atoms with E-state index in [4.69, 9.17) is 5.11 Å². The Hall–Kier alpha value is -1.82. The maximum Gasteiger partial charge on any atom is 0.261 e. The fourth-order valence-corrected chi connectivity index (χ4v) is 2.18. The smallest absolute Gasteiger partial charge is 0.261 e. The monoisotopic (exact) mass is 283 g/mol. The van der Waals surface area contributed by atoms with Gasteiger partial charge in [0.15, 0.2) is 11.6 Å². The summed E-state index contributed by atoms with van der Waals surface area (Å²) in [6.45, 7) is 2.07. The van der Waals surface area contributed by atoms with Crippen molar-refractivity contribution in [3.8, 4) is 0 Å². The van der Waals surface area contributed by atoms with Crippen molar-refractivity contribution in [1.29, 1.82) is 0 Å². The summed E-state index contributed by atoms with van der Waals surface area (Å²) >= 11 is 0. The van der Waals surface area contributed by atoms with E-state index in [0.29, 0.717) is 12.8 Å². The molecule has 1 aliphatic rings. The average molecular weight is 283 g/mol. The normalized spacial score (nSPS) is 15.7. The van der Waals surface area contributed by atoms with Crippen LogP contribution in [0.5, 0.6) is 0 Å². The van der Waals surface area contributed by atoms with E-state index >= 15 is 0 Å². The Labute approximate surface area is 115 Å². The maximum atomic E-state index is 13.1. The lowest BCUT2D eigenvalue weighted by atomic mass is 10.1. The summed E-state index contributed by atoms with van der Waals surface area (Å²) in [6.07, 6.45) is 1.20. The van der Waals surface area contributed by atoms with E-state index in [1.165, 1.54) is 0 Å². The third kappa shape index (κ3) is 2.56. The van der Waals surface area contributed by atoms with E-state index < -0.39 is 23.4 Å². The molecule has 1 heterocycles. The highest BCUT2D eigenvalue weighted by atomic mass is 19.2. The number of aliphatic hydroxyl groups excluding tert-OH is 1. The Bertz CT molecular complexity index is 519. The first-order chi connectivity index (χ1) is 9.45. The number of hydrogen-bond donors (Lipinski definition) is 1. The summed E-state index contributed by atoms with van der Waals surface area (Å²) in [5, 5.41) is 8.90. The molecule has 1 aromatic rings. The molecule has 0 saturated heterocycles. The minimum atomic E-state index is -1.14. The van der Waals surface area contributed by atoms with E-state index in [9.17, 15) is 18.4 Å². The summed E-state index contributed by atoms with van der Waals surface area (Å²) in [5.41, 5.74) is -0.187. The second-order valence-electron chi connectivity index (χ2n) is 5.00. The molecule has 0 aliphatic carbocycles. The third-order valence-corrected chi connectivity index (χ3v) is 3.40. The van der Waals surface area contributed by atoms with Gasteiger partial charge in [-0.3, -0.25) is 14.5 Å². The fourth-order valence-electron chi connectivity index (χ4n) is 2.18. The first-order valence-electron chi connectivity index (χ1n) is 6.41. The first-order valence-corrected chi connectivity index (χ1v) is 6.41. The molecule has 1 atom stereocenters. The minimum absolute atomic E-state index is 0.0402. The molecule has 108 valence electrons. The Morgan fingerprint density at radius 1 is 1.15 bits per heavy atom. The van der Waals surface area contributed by atoms with Crippen LogP contribution in [0.15, 0.2) is 12.1 Å². The predicted molar refractivity (Wildman–Crippen MR) is 67.2 cm³/mol. The first kappa shape index (κ1) is 14.6. The van der Waals surface area contributed by atoms with Gasteiger partial charge < -0.3 is 5.11 Å². The molecule has 0 saturated carbocycles. The van der Waals surface area contributed by atoms with Crippen molar-refractivity contribution in [3.05, 3.63) is 34.9 Å². The molecular weight excluding hydrogens is 268 g/mol. The van der Waals surface area contributed by atoms with Gasteiger partial charge >= 0.3 is 0 Å². The summed E-state index contributed by atoms with van der Waals surface area (Å²) in [5.74, 6) is -3.39. The molecule has 0 radical (unpaired) electrons. The van der Waals surface area contributed by atoms with Crippen molar-refractivity contribution >= 4 is 11.8 Å². The molecule has 0 spiro atoms. The molecule has 6 heteroatoms. The summed E-state index contributed by atoms with van der Waals surface area (Å²) in [6, 6.07) is 1.53. The molecule has 20 heavy (non-hydrogen) atoms. The number of carbonyl (C=O) groups is 2. The molecule has 2 rings (SSSR count). The molecule has 1 unspecified atom stereocenters. The van der Waals surface area contributed by atoms with Crippen LogP contribution in [0.1, 0.15) is 40.5 Å². The number of nitrogens with zero attached hydrogens (tertiary/aromatic N) is 1. The van der Waals surface area contributed by atoms with Gasteiger partial charge in [-0.15, -0.1) is 0 Å². The van der Waals surface area contributed by atoms with Gasteiger partial charge in [0.1, 0.15) is 0 Å². The Morgan fingerprint density at radius 2 is 1.65 bits per heavy atom. The second kappa shape index (κ2) is 5.66. The van der Waals surface area contributed by atoms with Crippen LogP contribution in [0.2, 0.25) is 0 Å². The van der Waals surface area contributed by atoms with Crippen LogP contribution < -0.4 is 0 Å². The largest absolute Gasteiger partial charge is 0.396 e. The zero-order valence-corrected chi connectivity index (χ0v) is 11.0. The zero-order valence-electron chi connectivity index (χ0n) is 11.0. The molecule has 1 N–H and O–H groups in total. The Morgan fingerprint density at radius 3 is 2.10 bits per heavy atom. The van der Waals surface area contributed by atoms with E-state index in [-0.39, 0.29) is 30.2 Å². The van der Waals surface area contributed by atoms with E-state index in [0.717, 1.165) is 17.0 Å². The fraction of sp³-hybridized carbons (Fsp3) is 0.429. The quantitative estimate of drug-likeness (QED) is 0.840. The molecule has 2 amide bonds. The van der Waals surface area contributed by atoms with Gasteiger partial charge in [0.05, 0.1) is 11.1 Å². The number of halogens is 2. The number of hydrogen-bond acceptors (Lipinski definition) is 3. The maximum absolute atomic E-state index is 13.1. The number of rotatable bonds is 5. The van der Waals surface area contributed by atoms with Crippen molar-refractivity contribution in [1.82, 2.24) is 4.90 Å². The van der Waals surface area contributed by atoms with Crippen LogP contribution in [-0.2, 0) is 0 Å². The SMILES string of the molecule is CC(CO)CCCN1C(=O)c2cc(F)c(F)cc2C1=O. The van der Waals surface area contributed by atoms with Crippen LogP contribution in [0.3, 0.4) is 0 Å². The highest BCUT2D eigenvalue weighted by molar-refractivity contribution is 6.21.